The molecule has 1 heterocycles. The maximum absolute atomic E-state index is 13.5. The highest BCUT2D eigenvalue weighted by Gasteiger charge is 2.21. The highest BCUT2D eigenvalue weighted by atomic mass is 19.1. The number of aromatic amines is 1. The lowest BCUT2D eigenvalue weighted by molar-refractivity contribution is 0.503. The van der Waals surface area contributed by atoms with Gasteiger partial charge in [0.25, 0.3) is 0 Å². The molecule has 0 radical (unpaired) electrons. The Bertz CT molecular complexity index is 934. The molecule has 146 valence electrons. The molecule has 7 heteroatoms. The van der Waals surface area contributed by atoms with Crippen molar-refractivity contribution in [3.8, 4) is 11.4 Å². The van der Waals surface area contributed by atoms with Gasteiger partial charge in [-0.25, -0.2) is 9.37 Å². The van der Waals surface area contributed by atoms with Crippen LogP contribution in [0.25, 0.3) is 11.4 Å². The summed E-state index contributed by atoms with van der Waals surface area (Å²) in [5, 5.41) is 13.4. The highest BCUT2D eigenvalue weighted by molar-refractivity contribution is 5.79. The van der Waals surface area contributed by atoms with Crippen molar-refractivity contribution in [2.75, 3.05) is 13.6 Å². The fourth-order valence-electron chi connectivity index (χ4n) is 2.90. The van der Waals surface area contributed by atoms with Crippen LogP contribution in [0.1, 0.15) is 25.0 Å². The second-order valence-electron chi connectivity index (χ2n) is 7.21. The van der Waals surface area contributed by atoms with Crippen molar-refractivity contribution in [3.05, 3.63) is 71.8 Å². The Kier molecular flexibility index (Phi) is 6.03. The molecule has 6 nitrogen and oxygen atoms in total. The average Bonchev–Trinajstić information content (AvgIpc) is 3.23. The molecule has 2 aromatic carbocycles. The lowest BCUT2D eigenvalue weighted by Crippen LogP contribution is -2.43. The summed E-state index contributed by atoms with van der Waals surface area (Å²) in [7, 11) is 1.73. The molecule has 0 fully saturated rings. The van der Waals surface area contributed by atoms with Crippen LogP contribution in [0.2, 0.25) is 0 Å². The summed E-state index contributed by atoms with van der Waals surface area (Å²) in [6, 6.07) is 14.8. The Morgan fingerprint density at radius 2 is 1.96 bits per heavy atom. The SMILES string of the molecule is CN=C(NCc1cccc(-c2ncn[nH]2)c1)NCC(C)(C)c1cccc(F)c1. The molecule has 28 heavy (non-hydrogen) atoms. The Hall–Kier alpha value is -3.22. The van der Waals surface area contributed by atoms with E-state index >= 15 is 0 Å². The van der Waals surface area contributed by atoms with Crippen molar-refractivity contribution in [3.63, 3.8) is 0 Å². The zero-order valence-electron chi connectivity index (χ0n) is 16.3. The van der Waals surface area contributed by atoms with Gasteiger partial charge in [0.05, 0.1) is 0 Å². The van der Waals surface area contributed by atoms with E-state index in [1.54, 1.807) is 19.2 Å². The maximum Gasteiger partial charge on any atom is 0.191 e. The molecule has 0 saturated heterocycles. The number of hydrogen-bond donors (Lipinski definition) is 3. The zero-order chi connectivity index (χ0) is 20.0. The van der Waals surface area contributed by atoms with Gasteiger partial charge >= 0.3 is 0 Å². The van der Waals surface area contributed by atoms with E-state index in [1.165, 1.54) is 12.4 Å². The van der Waals surface area contributed by atoms with Gasteiger partial charge < -0.3 is 10.6 Å². The third kappa shape index (κ3) is 4.94. The smallest absolute Gasteiger partial charge is 0.191 e. The highest BCUT2D eigenvalue weighted by Crippen LogP contribution is 2.22. The summed E-state index contributed by atoms with van der Waals surface area (Å²) in [4.78, 5) is 8.46. The predicted octanol–water partition coefficient (Wildman–Crippen LogP) is 3.25. The summed E-state index contributed by atoms with van der Waals surface area (Å²) in [5.41, 5.74) is 2.77. The Morgan fingerprint density at radius 1 is 1.14 bits per heavy atom. The van der Waals surface area contributed by atoms with Crippen LogP contribution in [-0.4, -0.2) is 34.7 Å². The van der Waals surface area contributed by atoms with E-state index in [9.17, 15) is 4.39 Å². The van der Waals surface area contributed by atoms with E-state index in [0.717, 1.165) is 22.5 Å². The maximum atomic E-state index is 13.5. The lowest BCUT2D eigenvalue weighted by atomic mass is 9.84. The van der Waals surface area contributed by atoms with E-state index in [2.05, 4.69) is 50.7 Å². The summed E-state index contributed by atoms with van der Waals surface area (Å²) in [5.74, 6) is 1.20. The predicted molar refractivity (Wildman–Crippen MR) is 109 cm³/mol. The van der Waals surface area contributed by atoms with Crippen molar-refractivity contribution in [1.29, 1.82) is 0 Å². The molecule has 0 atom stereocenters. The van der Waals surface area contributed by atoms with Crippen LogP contribution in [0.5, 0.6) is 0 Å². The van der Waals surface area contributed by atoms with Crippen LogP contribution in [-0.2, 0) is 12.0 Å². The molecular weight excluding hydrogens is 355 g/mol. The summed E-state index contributed by atoms with van der Waals surface area (Å²) >= 11 is 0. The fourth-order valence-corrected chi connectivity index (χ4v) is 2.90. The number of aliphatic imine (C=N–C) groups is 1. The molecule has 1 aromatic heterocycles. The molecule has 0 aliphatic carbocycles. The summed E-state index contributed by atoms with van der Waals surface area (Å²) < 4.78 is 13.5. The molecular formula is C21H25FN6. The quantitative estimate of drug-likeness (QED) is 0.453. The number of hydrogen-bond acceptors (Lipinski definition) is 3. The summed E-state index contributed by atoms with van der Waals surface area (Å²) in [6.07, 6.45) is 1.49. The van der Waals surface area contributed by atoms with Crippen LogP contribution in [0.3, 0.4) is 0 Å². The molecule has 0 aliphatic rings. The molecule has 3 aromatic rings. The van der Waals surface area contributed by atoms with Gasteiger partial charge in [0, 0.05) is 31.1 Å². The first-order chi connectivity index (χ1) is 13.5. The minimum absolute atomic E-state index is 0.222. The number of halogens is 1. The number of nitrogens with zero attached hydrogens (tertiary/aromatic N) is 3. The van der Waals surface area contributed by atoms with Crippen LogP contribution in [0, 0.1) is 5.82 Å². The second kappa shape index (κ2) is 8.65. The van der Waals surface area contributed by atoms with Crippen molar-refractivity contribution in [2.45, 2.75) is 25.8 Å². The van der Waals surface area contributed by atoms with E-state index in [0.29, 0.717) is 19.0 Å². The zero-order valence-corrected chi connectivity index (χ0v) is 16.3. The van der Waals surface area contributed by atoms with Crippen LogP contribution in [0.4, 0.5) is 4.39 Å². The Labute approximate surface area is 164 Å². The van der Waals surface area contributed by atoms with Gasteiger partial charge in [0.1, 0.15) is 12.1 Å². The molecule has 0 bridgehead atoms. The van der Waals surface area contributed by atoms with Crippen LogP contribution in [0.15, 0.2) is 59.9 Å². The Balaban J connectivity index is 1.59. The minimum Gasteiger partial charge on any atom is -0.356 e. The van der Waals surface area contributed by atoms with Crippen molar-refractivity contribution < 1.29 is 4.39 Å². The summed E-state index contributed by atoms with van der Waals surface area (Å²) in [6.45, 7) is 5.38. The number of benzene rings is 2. The third-order valence-electron chi connectivity index (χ3n) is 4.60. The van der Waals surface area contributed by atoms with Crippen molar-refractivity contribution in [2.24, 2.45) is 4.99 Å². The number of H-pyrrole nitrogens is 1. The molecule has 3 N–H and O–H groups in total. The molecule has 0 saturated carbocycles. The van der Waals surface area contributed by atoms with E-state index in [4.69, 9.17) is 0 Å². The molecule has 0 aliphatic heterocycles. The third-order valence-corrected chi connectivity index (χ3v) is 4.60. The minimum atomic E-state index is -0.244. The van der Waals surface area contributed by atoms with Crippen LogP contribution >= 0.6 is 0 Å². The number of rotatable bonds is 6. The van der Waals surface area contributed by atoms with Gasteiger partial charge in [-0.2, -0.15) is 5.10 Å². The topological polar surface area (TPSA) is 78.0 Å². The van der Waals surface area contributed by atoms with Gasteiger partial charge in [-0.1, -0.05) is 44.2 Å². The molecule has 3 rings (SSSR count). The number of aromatic nitrogens is 3. The molecule has 0 amide bonds. The van der Waals surface area contributed by atoms with Gasteiger partial charge in [-0.3, -0.25) is 10.1 Å². The normalized spacial score (nSPS) is 12.1. The molecule has 0 spiro atoms. The van der Waals surface area contributed by atoms with Gasteiger partial charge in [0.2, 0.25) is 0 Å². The Morgan fingerprint density at radius 3 is 2.68 bits per heavy atom. The van der Waals surface area contributed by atoms with E-state index in [-0.39, 0.29) is 11.2 Å². The first-order valence-corrected chi connectivity index (χ1v) is 9.13. The second-order valence-corrected chi connectivity index (χ2v) is 7.21. The van der Waals surface area contributed by atoms with Gasteiger partial charge in [0.15, 0.2) is 11.8 Å². The molecule has 0 unspecified atom stereocenters. The first-order valence-electron chi connectivity index (χ1n) is 9.13. The fraction of sp³-hybridized carbons (Fsp3) is 0.286. The average molecular weight is 380 g/mol. The van der Waals surface area contributed by atoms with Crippen molar-refractivity contribution in [1.82, 2.24) is 25.8 Å². The largest absolute Gasteiger partial charge is 0.356 e. The number of nitrogens with one attached hydrogen (secondary N) is 3. The van der Waals surface area contributed by atoms with Gasteiger partial charge in [-0.15, -0.1) is 0 Å². The monoisotopic (exact) mass is 380 g/mol. The standard InChI is InChI=1S/C21H25FN6/c1-21(2,17-8-5-9-18(22)11-17)13-25-20(23-3)24-12-15-6-4-7-16(10-15)19-26-14-27-28-19/h4-11,14H,12-13H2,1-3H3,(H2,23,24,25)(H,26,27,28). The van der Waals surface area contributed by atoms with Gasteiger partial charge in [-0.05, 0) is 29.3 Å². The van der Waals surface area contributed by atoms with Crippen LogP contribution < -0.4 is 10.6 Å². The van der Waals surface area contributed by atoms with E-state index < -0.39 is 0 Å². The number of guanidine groups is 1. The van der Waals surface area contributed by atoms with E-state index in [1.807, 2.05) is 24.3 Å². The lowest BCUT2D eigenvalue weighted by Gasteiger charge is -2.27. The first kappa shape index (κ1) is 19.5. The van der Waals surface area contributed by atoms with Crippen molar-refractivity contribution >= 4 is 5.96 Å².